The first-order valence-electron chi connectivity index (χ1n) is 11.7. The Morgan fingerprint density at radius 2 is 1.66 bits per heavy atom. The Bertz CT molecular complexity index is 1140. The van der Waals surface area contributed by atoms with E-state index in [-0.39, 0.29) is 13.1 Å². The highest BCUT2D eigenvalue weighted by molar-refractivity contribution is 9.10. The van der Waals surface area contributed by atoms with Crippen LogP contribution < -0.4 is 10.2 Å². The number of rotatable bonds is 9. The lowest BCUT2D eigenvalue weighted by atomic mass is 10.2. The summed E-state index contributed by atoms with van der Waals surface area (Å²) in [6, 6.07) is 13.1. The van der Waals surface area contributed by atoms with Crippen LogP contribution in [0.4, 0.5) is 25.4 Å². The molecule has 0 aliphatic rings. The summed E-state index contributed by atoms with van der Waals surface area (Å²) in [7, 11) is 0. The maximum absolute atomic E-state index is 13.5. The van der Waals surface area contributed by atoms with Crippen molar-refractivity contribution in [2.24, 2.45) is 0 Å². The number of nitrogens with zero attached hydrogens (tertiary/aromatic N) is 2. The molecule has 2 aromatic carbocycles. The van der Waals surface area contributed by atoms with Gasteiger partial charge in [0.15, 0.2) is 0 Å². The van der Waals surface area contributed by atoms with Gasteiger partial charge in [0.05, 0.1) is 0 Å². The second-order valence-electron chi connectivity index (χ2n) is 9.08. The Morgan fingerprint density at radius 1 is 1.00 bits per heavy atom. The molecule has 38 heavy (non-hydrogen) atoms. The van der Waals surface area contributed by atoms with Gasteiger partial charge in [-0.3, -0.25) is 9.59 Å². The first-order chi connectivity index (χ1) is 17.7. The van der Waals surface area contributed by atoms with Crippen LogP contribution in [0, 0.1) is 5.82 Å². The third kappa shape index (κ3) is 10.4. The predicted octanol–water partition coefficient (Wildman–Crippen LogP) is 5.13. The summed E-state index contributed by atoms with van der Waals surface area (Å²) in [5, 5.41) is 2.24. The van der Waals surface area contributed by atoms with E-state index < -0.39 is 48.3 Å². The summed E-state index contributed by atoms with van der Waals surface area (Å²) in [6.45, 7) is 7.08. The van der Waals surface area contributed by atoms with Crippen molar-refractivity contribution in [2.45, 2.75) is 46.5 Å². The van der Waals surface area contributed by atoms with Gasteiger partial charge in [0.1, 0.15) is 18.0 Å². The molecule has 2 aromatic rings. The van der Waals surface area contributed by atoms with E-state index in [1.807, 2.05) is 24.3 Å². The van der Waals surface area contributed by atoms with Crippen LogP contribution in [0.2, 0.25) is 0 Å². The minimum Gasteiger partial charge on any atom is -0.444 e. The normalized spacial score (nSPS) is 11.7. The number of hydrogen-bond acceptors (Lipinski definition) is 8. The van der Waals surface area contributed by atoms with E-state index in [0.29, 0.717) is 5.69 Å². The Hall–Kier alpha value is -3.67. The van der Waals surface area contributed by atoms with Gasteiger partial charge in [0, 0.05) is 42.8 Å². The summed E-state index contributed by atoms with van der Waals surface area (Å²) in [5.41, 5.74) is 0.639. The molecular weight excluding hydrogens is 565 g/mol. The highest BCUT2D eigenvalue weighted by atomic mass is 79.9. The number of hydrogen-bond donors (Lipinski definition) is 1. The van der Waals surface area contributed by atoms with Crippen molar-refractivity contribution in [1.82, 2.24) is 10.2 Å². The van der Waals surface area contributed by atoms with Crippen molar-refractivity contribution in [1.29, 1.82) is 0 Å². The van der Waals surface area contributed by atoms with E-state index in [1.165, 1.54) is 26.0 Å². The molecular formula is C26H31BrFN3O7. The molecule has 2 rings (SSSR count). The summed E-state index contributed by atoms with van der Waals surface area (Å²) in [5.74, 6) is -1.86. The number of amides is 3. The molecule has 0 bridgehead atoms. The second kappa shape index (κ2) is 13.8. The summed E-state index contributed by atoms with van der Waals surface area (Å²) < 4.78 is 29.4. The number of carbonyl (C=O) groups excluding carboxylic acids is 4. The summed E-state index contributed by atoms with van der Waals surface area (Å²) >= 11 is 3.42. The molecule has 0 saturated heterocycles. The van der Waals surface area contributed by atoms with E-state index >= 15 is 0 Å². The zero-order valence-electron chi connectivity index (χ0n) is 21.8. The molecule has 0 saturated carbocycles. The van der Waals surface area contributed by atoms with Gasteiger partial charge in [-0.25, -0.2) is 18.9 Å². The molecule has 1 unspecified atom stereocenters. The van der Waals surface area contributed by atoms with E-state index in [9.17, 15) is 23.6 Å². The van der Waals surface area contributed by atoms with Gasteiger partial charge in [-0.1, -0.05) is 22.0 Å². The van der Waals surface area contributed by atoms with Crippen LogP contribution in [0.15, 0.2) is 53.0 Å². The average molecular weight is 596 g/mol. The molecule has 0 spiro atoms. The third-order valence-corrected chi connectivity index (χ3v) is 5.24. The molecule has 0 aliphatic carbocycles. The number of ether oxygens (including phenoxy) is 3. The smallest absolute Gasteiger partial charge is 0.419 e. The van der Waals surface area contributed by atoms with Gasteiger partial charge in [-0.05, 0) is 63.2 Å². The quantitative estimate of drug-likeness (QED) is 0.313. The number of halogens is 2. The fourth-order valence-electron chi connectivity index (χ4n) is 3.16. The van der Waals surface area contributed by atoms with Crippen LogP contribution in [-0.2, 0) is 23.8 Å². The molecule has 206 valence electrons. The Balaban J connectivity index is 2.01. The lowest BCUT2D eigenvalue weighted by molar-refractivity contribution is -0.165. The molecule has 0 aliphatic heterocycles. The monoisotopic (exact) mass is 595 g/mol. The fourth-order valence-corrected chi connectivity index (χ4v) is 3.55. The maximum atomic E-state index is 13.5. The predicted molar refractivity (Wildman–Crippen MR) is 141 cm³/mol. The van der Waals surface area contributed by atoms with Crippen LogP contribution >= 0.6 is 15.9 Å². The Kier molecular flexibility index (Phi) is 11.1. The topological polar surface area (TPSA) is 114 Å². The number of nitrogens with one attached hydrogen (secondary N) is 1. The SMILES string of the molecule is CC(=O)N(CCN(c1ccc(F)cc1)c1cccc(Br)c1)C(=O)OC(C)OC(=O)CNC(=O)OC(C)(C)C. The van der Waals surface area contributed by atoms with Crippen LogP contribution in [-0.4, -0.2) is 60.5 Å². The third-order valence-electron chi connectivity index (χ3n) is 4.75. The minimum atomic E-state index is -1.34. The van der Waals surface area contributed by atoms with Gasteiger partial charge in [0.2, 0.25) is 12.2 Å². The Labute approximate surface area is 229 Å². The molecule has 10 nitrogen and oxygen atoms in total. The molecule has 1 N–H and O–H groups in total. The number of alkyl carbamates (subject to hydrolysis) is 1. The first kappa shape index (κ1) is 30.6. The number of benzene rings is 2. The van der Waals surface area contributed by atoms with Crippen LogP contribution in [0.3, 0.4) is 0 Å². The van der Waals surface area contributed by atoms with Gasteiger partial charge in [-0.15, -0.1) is 0 Å². The van der Waals surface area contributed by atoms with E-state index in [2.05, 4.69) is 21.2 Å². The van der Waals surface area contributed by atoms with Crippen molar-refractivity contribution in [3.05, 3.63) is 58.8 Å². The standard InChI is InChI=1S/C26H31BrFN3O7/c1-17(32)30(25(35)37-18(2)36-23(33)16-29-24(34)38-26(3,4)5)13-14-31(21-11-9-20(28)10-12-21)22-8-6-7-19(27)15-22/h6-12,15,18H,13-14,16H2,1-5H3,(H,29,34). The van der Waals surface area contributed by atoms with Gasteiger partial charge < -0.3 is 24.4 Å². The van der Waals surface area contributed by atoms with E-state index in [1.54, 1.807) is 37.8 Å². The molecule has 0 radical (unpaired) electrons. The lowest BCUT2D eigenvalue weighted by Gasteiger charge is -2.28. The van der Waals surface area contributed by atoms with Crippen LogP contribution in [0.1, 0.15) is 34.6 Å². The van der Waals surface area contributed by atoms with Crippen molar-refractivity contribution in [3.8, 4) is 0 Å². The number of anilines is 2. The molecule has 0 heterocycles. The molecule has 0 aromatic heterocycles. The van der Waals surface area contributed by atoms with Crippen molar-refractivity contribution in [3.63, 3.8) is 0 Å². The highest BCUT2D eigenvalue weighted by Gasteiger charge is 2.25. The maximum Gasteiger partial charge on any atom is 0.419 e. The summed E-state index contributed by atoms with van der Waals surface area (Å²) in [6.07, 6.45) is -3.17. The molecule has 0 fully saturated rings. The van der Waals surface area contributed by atoms with Crippen molar-refractivity contribution in [2.75, 3.05) is 24.5 Å². The Morgan fingerprint density at radius 3 is 2.24 bits per heavy atom. The van der Waals surface area contributed by atoms with E-state index in [0.717, 1.165) is 15.1 Å². The fraction of sp³-hybridized carbons (Fsp3) is 0.385. The number of imide groups is 1. The minimum absolute atomic E-state index is 0.0844. The highest BCUT2D eigenvalue weighted by Crippen LogP contribution is 2.28. The van der Waals surface area contributed by atoms with Crippen LogP contribution in [0.25, 0.3) is 0 Å². The zero-order valence-corrected chi connectivity index (χ0v) is 23.4. The largest absolute Gasteiger partial charge is 0.444 e. The van der Waals surface area contributed by atoms with Gasteiger partial charge >= 0.3 is 18.2 Å². The zero-order chi connectivity index (χ0) is 28.5. The number of esters is 1. The van der Waals surface area contributed by atoms with E-state index in [4.69, 9.17) is 14.2 Å². The first-order valence-corrected chi connectivity index (χ1v) is 12.5. The van der Waals surface area contributed by atoms with Gasteiger partial charge in [0.25, 0.3) is 0 Å². The van der Waals surface area contributed by atoms with Crippen molar-refractivity contribution >= 4 is 51.4 Å². The number of carbonyl (C=O) groups is 4. The molecule has 1 atom stereocenters. The molecule has 12 heteroatoms. The average Bonchev–Trinajstić information content (AvgIpc) is 2.80. The second-order valence-corrected chi connectivity index (χ2v) is 9.99. The van der Waals surface area contributed by atoms with Crippen molar-refractivity contribution < 1.29 is 37.8 Å². The van der Waals surface area contributed by atoms with Crippen LogP contribution in [0.5, 0.6) is 0 Å². The lowest BCUT2D eigenvalue weighted by Crippen LogP contribution is -2.42. The molecule has 3 amide bonds. The van der Waals surface area contributed by atoms with Gasteiger partial charge in [-0.2, -0.15) is 0 Å². The summed E-state index contributed by atoms with van der Waals surface area (Å²) in [4.78, 5) is 51.3.